The molecule has 0 bridgehead atoms. The molecule has 8 heteroatoms. The zero-order valence-electron chi connectivity index (χ0n) is 11.4. The van der Waals surface area contributed by atoms with E-state index < -0.39 is 21.9 Å². The largest absolute Gasteiger partial charge is 0.481 e. The summed E-state index contributed by atoms with van der Waals surface area (Å²) in [5, 5.41) is 9.89. The van der Waals surface area contributed by atoms with Gasteiger partial charge in [0.2, 0.25) is 0 Å². The number of sulfonamides is 1. The van der Waals surface area contributed by atoms with Crippen LogP contribution >= 0.6 is 11.3 Å². The third-order valence-corrected chi connectivity index (χ3v) is 6.81. The SMILES string of the molecule is CCc1ncc(S(=O)(=O)N2CC(C)CC(C(=O)O)C2)s1. The van der Waals surface area contributed by atoms with Gasteiger partial charge in [-0.1, -0.05) is 13.8 Å². The minimum atomic E-state index is -3.62. The zero-order valence-corrected chi connectivity index (χ0v) is 13.1. The molecule has 2 unspecified atom stereocenters. The van der Waals surface area contributed by atoms with Crippen LogP contribution in [0.15, 0.2) is 10.4 Å². The number of hydrogen-bond donors (Lipinski definition) is 1. The molecule has 1 aliphatic heterocycles. The third-order valence-electron chi connectivity index (χ3n) is 3.40. The lowest BCUT2D eigenvalue weighted by Gasteiger charge is -2.33. The van der Waals surface area contributed by atoms with Crippen LogP contribution in [0.1, 0.15) is 25.3 Å². The predicted octanol–water partition coefficient (Wildman–Crippen LogP) is 1.44. The number of aliphatic carboxylic acids is 1. The number of carbonyl (C=O) groups is 1. The lowest BCUT2D eigenvalue weighted by Crippen LogP contribution is -2.45. The van der Waals surface area contributed by atoms with Crippen molar-refractivity contribution in [2.45, 2.75) is 30.9 Å². The average Bonchev–Trinajstić information content (AvgIpc) is 2.87. The molecule has 20 heavy (non-hydrogen) atoms. The summed E-state index contributed by atoms with van der Waals surface area (Å²) in [7, 11) is -3.62. The summed E-state index contributed by atoms with van der Waals surface area (Å²) < 4.78 is 26.6. The number of thiazole rings is 1. The quantitative estimate of drug-likeness (QED) is 0.907. The zero-order chi connectivity index (χ0) is 14.9. The van der Waals surface area contributed by atoms with E-state index in [2.05, 4.69) is 4.98 Å². The van der Waals surface area contributed by atoms with Gasteiger partial charge in [-0.15, -0.1) is 11.3 Å². The highest BCUT2D eigenvalue weighted by Gasteiger charge is 2.37. The Balaban J connectivity index is 2.26. The van der Waals surface area contributed by atoms with Crippen molar-refractivity contribution in [1.29, 1.82) is 0 Å². The highest BCUT2D eigenvalue weighted by atomic mass is 32.2. The molecular weight excluding hydrogens is 300 g/mol. The van der Waals surface area contributed by atoms with Crippen molar-refractivity contribution in [1.82, 2.24) is 9.29 Å². The first-order valence-electron chi connectivity index (χ1n) is 6.52. The highest BCUT2D eigenvalue weighted by molar-refractivity contribution is 7.91. The molecule has 0 aromatic carbocycles. The number of rotatable bonds is 4. The molecule has 0 radical (unpaired) electrons. The Labute approximate surface area is 122 Å². The fraction of sp³-hybridized carbons (Fsp3) is 0.667. The summed E-state index contributed by atoms with van der Waals surface area (Å²) >= 11 is 1.16. The van der Waals surface area contributed by atoms with Crippen molar-refractivity contribution in [3.05, 3.63) is 11.2 Å². The minimum Gasteiger partial charge on any atom is -0.481 e. The van der Waals surface area contributed by atoms with Crippen molar-refractivity contribution in [2.75, 3.05) is 13.1 Å². The summed E-state index contributed by atoms with van der Waals surface area (Å²) in [4.78, 5) is 15.2. The van der Waals surface area contributed by atoms with Crippen LogP contribution in [0.2, 0.25) is 0 Å². The fourth-order valence-corrected chi connectivity index (χ4v) is 5.26. The number of aromatic nitrogens is 1. The third kappa shape index (κ3) is 3.02. The van der Waals surface area contributed by atoms with Gasteiger partial charge in [-0.25, -0.2) is 13.4 Å². The topological polar surface area (TPSA) is 87.6 Å². The van der Waals surface area contributed by atoms with Gasteiger partial charge in [-0.2, -0.15) is 4.31 Å². The minimum absolute atomic E-state index is 0.0400. The van der Waals surface area contributed by atoms with Crippen molar-refractivity contribution in [3.8, 4) is 0 Å². The van der Waals surface area contributed by atoms with E-state index in [1.165, 1.54) is 10.5 Å². The Kier molecular flexibility index (Phi) is 4.46. The van der Waals surface area contributed by atoms with E-state index in [0.29, 0.717) is 19.4 Å². The number of piperidine rings is 1. The van der Waals surface area contributed by atoms with Crippen molar-refractivity contribution in [2.24, 2.45) is 11.8 Å². The van der Waals surface area contributed by atoms with Crippen LogP contribution in [0.5, 0.6) is 0 Å². The van der Waals surface area contributed by atoms with Crippen LogP contribution in [0.3, 0.4) is 0 Å². The van der Waals surface area contributed by atoms with Gasteiger partial charge in [-0.05, 0) is 18.8 Å². The summed E-state index contributed by atoms with van der Waals surface area (Å²) in [6, 6.07) is 0. The van der Waals surface area contributed by atoms with Gasteiger partial charge in [0.15, 0.2) is 4.21 Å². The molecule has 2 atom stereocenters. The molecule has 0 spiro atoms. The Hall–Kier alpha value is -0.990. The molecule has 1 N–H and O–H groups in total. The molecule has 1 aromatic heterocycles. The first-order chi connectivity index (χ1) is 9.34. The Morgan fingerprint density at radius 2 is 2.25 bits per heavy atom. The van der Waals surface area contributed by atoms with Gasteiger partial charge in [-0.3, -0.25) is 4.79 Å². The van der Waals surface area contributed by atoms with Crippen molar-refractivity contribution < 1.29 is 18.3 Å². The fourth-order valence-electron chi connectivity index (χ4n) is 2.38. The number of hydrogen-bond acceptors (Lipinski definition) is 5. The highest BCUT2D eigenvalue weighted by Crippen LogP contribution is 2.29. The van der Waals surface area contributed by atoms with E-state index in [4.69, 9.17) is 5.11 Å². The first-order valence-corrected chi connectivity index (χ1v) is 8.78. The monoisotopic (exact) mass is 318 g/mol. The smallest absolute Gasteiger partial charge is 0.307 e. The van der Waals surface area contributed by atoms with E-state index in [1.807, 2.05) is 13.8 Å². The maximum Gasteiger partial charge on any atom is 0.307 e. The molecule has 1 aromatic rings. The van der Waals surface area contributed by atoms with Crippen LogP contribution in [0, 0.1) is 11.8 Å². The average molecular weight is 318 g/mol. The molecule has 2 heterocycles. The van der Waals surface area contributed by atoms with Crippen LogP contribution in [-0.2, 0) is 21.2 Å². The number of nitrogens with zero attached hydrogens (tertiary/aromatic N) is 2. The van der Waals surface area contributed by atoms with E-state index in [-0.39, 0.29) is 16.7 Å². The van der Waals surface area contributed by atoms with Crippen LogP contribution in [-0.4, -0.2) is 41.9 Å². The maximum absolute atomic E-state index is 12.5. The molecule has 0 saturated carbocycles. The Morgan fingerprint density at radius 1 is 1.55 bits per heavy atom. The normalized spacial score (nSPS) is 24.7. The van der Waals surface area contributed by atoms with Crippen molar-refractivity contribution >= 4 is 27.3 Å². The molecule has 1 saturated heterocycles. The van der Waals surface area contributed by atoms with Gasteiger partial charge < -0.3 is 5.11 Å². The van der Waals surface area contributed by atoms with Crippen molar-refractivity contribution in [3.63, 3.8) is 0 Å². The second-order valence-corrected chi connectivity index (χ2v) is 8.40. The summed E-state index contributed by atoms with van der Waals surface area (Å²) in [6.07, 6.45) is 2.58. The lowest BCUT2D eigenvalue weighted by atomic mass is 9.92. The molecule has 1 aliphatic rings. The number of aryl methyl sites for hydroxylation is 1. The molecule has 0 amide bonds. The standard InChI is InChI=1S/C12H18N2O4S2/c1-3-10-13-5-11(19-10)20(17,18)14-6-8(2)4-9(7-14)12(15)16/h5,8-9H,3-4,6-7H2,1-2H3,(H,15,16). The summed E-state index contributed by atoms with van der Waals surface area (Å²) in [5.74, 6) is -1.53. The van der Waals surface area contributed by atoms with Gasteiger partial charge in [0.25, 0.3) is 10.0 Å². The van der Waals surface area contributed by atoms with Crippen LogP contribution in [0.4, 0.5) is 0 Å². The molecule has 1 fully saturated rings. The molecule has 2 rings (SSSR count). The first kappa shape index (κ1) is 15.4. The van der Waals surface area contributed by atoms with Gasteiger partial charge in [0, 0.05) is 13.1 Å². The number of carboxylic acids is 1. The Bertz CT molecular complexity index is 596. The van der Waals surface area contributed by atoms with E-state index in [9.17, 15) is 13.2 Å². The van der Waals surface area contributed by atoms with Gasteiger partial charge in [0.05, 0.1) is 17.1 Å². The van der Waals surface area contributed by atoms with Gasteiger partial charge >= 0.3 is 5.97 Å². The molecule has 0 aliphatic carbocycles. The molecule has 6 nitrogen and oxygen atoms in total. The lowest BCUT2D eigenvalue weighted by molar-refractivity contribution is -0.143. The van der Waals surface area contributed by atoms with E-state index in [1.54, 1.807) is 0 Å². The van der Waals surface area contributed by atoms with Gasteiger partial charge in [0.1, 0.15) is 0 Å². The molecular formula is C12H18N2O4S2. The second kappa shape index (κ2) is 5.79. The number of carboxylic acid groups (broad SMARTS) is 1. The van der Waals surface area contributed by atoms with E-state index >= 15 is 0 Å². The van der Waals surface area contributed by atoms with Crippen LogP contribution < -0.4 is 0 Å². The van der Waals surface area contributed by atoms with E-state index in [0.717, 1.165) is 16.3 Å². The molecule has 112 valence electrons. The summed E-state index contributed by atoms with van der Waals surface area (Å²) in [6.45, 7) is 4.20. The van der Waals surface area contributed by atoms with Crippen LogP contribution in [0.25, 0.3) is 0 Å². The second-order valence-electron chi connectivity index (χ2n) is 5.12. The Morgan fingerprint density at radius 3 is 2.80 bits per heavy atom. The summed E-state index contributed by atoms with van der Waals surface area (Å²) in [5.41, 5.74) is 0. The maximum atomic E-state index is 12.5. The predicted molar refractivity (Wildman–Crippen MR) is 75.2 cm³/mol.